The van der Waals surface area contributed by atoms with Crippen molar-refractivity contribution in [2.75, 3.05) is 23.3 Å². The number of hydrogen-bond donors (Lipinski definition) is 1. The first-order chi connectivity index (χ1) is 21.0. The lowest BCUT2D eigenvalue weighted by Crippen LogP contribution is -2.51. The number of aliphatic imine (C=N–C) groups is 1. The summed E-state index contributed by atoms with van der Waals surface area (Å²) in [5.74, 6) is -0.812. The van der Waals surface area contributed by atoms with Crippen LogP contribution in [0.4, 0.5) is 20.3 Å². The lowest BCUT2D eigenvalue weighted by Gasteiger charge is -2.34. The topological polar surface area (TPSA) is 95.7 Å². The van der Waals surface area contributed by atoms with Gasteiger partial charge in [0.15, 0.2) is 17.3 Å². The van der Waals surface area contributed by atoms with E-state index in [2.05, 4.69) is 5.32 Å². The van der Waals surface area contributed by atoms with Crippen LogP contribution >= 0.6 is 0 Å². The average Bonchev–Trinajstić information content (AvgIpc) is 3.52. The molecule has 0 unspecified atom stereocenters. The maximum absolute atomic E-state index is 14.3. The summed E-state index contributed by atoms with van der Waals surface area (Å²) in [6.45, 7) is 10.6. The number of benzene rings is 2. The van der Waals surface area contributed by atoms with E-state index in [1.54, 1.807) is 11.1 Å². The van der Waals surface area contributed by atoms with Crippen molar-refractivity contribution in [3.63, 3.8) is 0 Å². The van der Waals surface area contributed by atoms with Crippen molar-refractivity contribution in [3.05, 3.63) is 83.7 Å². The smallest absolute Gasteiger partial charge is 0.283 e. The quantitative estimate of drug-likeness (QED) is 0.284. The first kappa shape index (κ1) is 29.2. The van der Waals surface area contributed by atoms with Gasteiger partial charge in [-0.05, 0) is 62.7 Å². The molecular formula is C33H33F2N7O2. The molecule has 0 atom stereocenters. The molecule has 0 spiro atoms. The Kier molecular flexibility index (Phi) is 7.27. The number of aromatic nitrogens is 3. The molecule has 1 N–H and O–H groups in total. The first-order valence-corrected chi connectivity index (χ1v) is 14.6. The van der Waals surface area contributed by atoms with Gasteiger partial charge >= 0.3 is 0 Å². The second kappa shape index (κ2) is 11.0. The number of guanidine groups is 1. The molecule has 9 nitrogen and oxygen atoms in total. The number of fused-ring (bicyclic) bond motifs is 3. The van der Waals surface area contributed by atoms with Crippen molar-refractivity contribution in [1.29, 1.82) is 0 Å². The summed E-state index contributed by atoms with van der Waals surface area (Å²) in [7, 11) is 0. The van der Waals surface area contributed by atoms with E-state index in [9.17, 15) is 18.4 Å². The highest BCUT2D eigenvalue weighted by atomic mass is 19.2. The minimum atomic E-state index is -0.950. The fraction of sp³-hybridized carbons (Fsp3) is 0.303. The summed E-state index contributed by atoms with van der Waals surface area (Å²) in [5, 5.41) is 2.91. The largest absolute Gasteiger partial charge is 0.326 e. The Balaban J connectivity index is 1.43. The molecule has 2 aromatic heterocycles. The molecular weight excluding hydrogens is 564 g/mol. The van der Waals surface area contributed by atoms with Crippen LogP contribution in [0.1, 0.15) is 50.7 Å². The van der Waals surface area contributed by atoms with Crippen LogP contribution in [0.5, 0.6) is 0 Å². The van der Waals surface area contributed by atoms with Crippen molar-refractivity contribution < 1.29 is 18.4 Å². The van der Waals surface area contributed by atoms with E-state index >= 15 is 0 Å². The van der Waals surface area contributed by atoms with Crippen LogP contribution in [0, 0.1) is 17.6 Å². The molecule has 44 heavy (non-hydrogen) atoms. The van der Waals surface area contributed by atoms with E-state index in [0.717, 1.165) is 17.7 Å². The predicted molar refractivity (Wildman–Crippen MR) is 165 cm³/mol. The Morgan fingerprint density at radius 3 is 2.52 bits per heavy atom. The Bertz CT molecular complexity index is 1810. The fourth-order valence-corrected chi connectivity index (χ4v) is 5.50. The van der Waals surface area contributed by atoms with Crippen molar-refractivity contribution in [3.8, 4) is 22.6 Å². The summed E-state index contributed by atoms with van der Waals surface area (Å²) in [6.07, 6.45) is 1.68. The van der Waals surface area contributed by atoms with Crippen LogP contribution < -0.4 is 10.2 Å². The van der Waals surface area contributed by atoms with Crippen LogP contribution in [0.3, 0.4) is 0 Å². The Morgan fingerprint density at radius 2 is 1.84 bits per heavy atom. The van der Waals surface area contributed by atoms with Gasteiger partial charge in [0, 0.05) is 35.5 Å². The highest BCUT2D eigenvalue weighted by Gasteiger charge is 2.45. The summed E-state index contributed by atoms with van der Waals surface area (Å²) >= 11 is 0. The lowest BCUT2D eigenvalue weighted by atomic mass is 10.1. The van der Waals surface area contributed by atoms with E-state index in [1.165, 1.54) is 6.07 Å². The van der Waals surface area contributed by atoms with Crippen LogP contribution in [0.2, 0.25) is 0 Å². The van der Waals surface area contributed by atoms with Crippen LogP contribution in [0.25, 0.3) is 22.6 Å². The van der Waals surface area contributed by atoms with E-state index in [1.807, 2.05) is 80.5 Å². The molecule has 4 aromatic rings. The number of anilines is 2. The molecule has 6 rings (SSSR count). The molecule has 2 aliphatic heterocycles. The van der Waals surface area contributed by atoms with Gasteiger partial charge in [-0.25, -0.2) is 18.8 Å². The number of halogens is 2. The molecule has 0 saturated heterocycles. The van der Waals surface area contributed by atoms with Crippen molar-refractivity contribution in [2.24, 2.45) is 10.9 Å². The maximum Gasteiger partial charge on any atom is 0.283 e. The molecule has 226 valence electrons. The van der Waals surface area contributed by atoms with Gasteiger partial charge in [0.25, 0.3) is 5.91 Å². The van der Waals surface area contributed by atoms with E-state index in [4.69, 9.17) is 15.0 Å². The third kappa shape index (κ3) is 5.23. The first-order valence-electron chi connectivity index (χ1n) is 14.6. The number of nitrogens with one attached hydrogen (secondary N) is 1. The highest BCUT2D eigenvalue weighted by Crippen LogP contribution is 2.39. The fourth-order valence-electron chi connectivity index (χ4n) is 5.50. The third-order valence-corrected chi connectivity index (χ3v) is 7.69. The normalized spacial score (nSPS) is 15.4. The van der Waals surface area contributed by atoms with Gasteiger partial charge < -0.3 is 9.88 Å². The zero-order valence-corrected chi connectivity index (χ0v) is 25.2. The molecule has 0 fully saturated rings. The highest BCUT2D eigenvalue weighted by molar-refractivity contribution is 6.18. The number of pyridine rings is 1. The molecule has 2 aliphatic rings. The minimum absolute atomic E-state index is 0.0759. The zero-order valence-electron chi connectivity index (χ0n) is 25.2. The van der Waals surface area contributed by atoms with Gasteiger partial charge in [-0.3, -0.25) is 24.4 Å². The Labute approximate surface area is 254 Å². The number of nitrogens with zero attached hydrogens (tertiary/aromatic N) is 6. The number of imidazole rings is 1. The molecule has 0 radical (unpaired) electrons. The summed E-state index contributed by atoms with van der Waals surface area (Å²) < 4.78 is 29.9. The van der Waals surface area contributed by atoms with Crippen LogP contribution in [-0.2, 0) is 11.3 Å². The molecule has 2 aromatic carbocycles. The SMILES string of the molecule is CCN1C(=O)c2nc(-c3ccc(-c4cccc(NC(=O)C(C)C)c4)nc3)n(Cc3ccc(F)c(F)c3)c2N2CC(C)(C)N=C12. The van der Waals surface area contributed by atoms with Gasteiger partial charge in [-0.2, -0.15) is 0 Å². The van der Waals surface area contributed by atoms with Crippen LogP contribution in [-0.4, -0.2) is 55.8 Å². The molecule has 0 aliphatic carbocycles. The Morgan fingerprint density at radius 1 is 1.05 bits per heavy atom. The maximum atomic E-state index is 14.3. The number of hydrogen-bond acceptors (Lipinski definition) is 6. The van der Waals surface area contributed by atoms with Crippen molar-refractivity contribution in [2.45, 2.75) is 46.7 Å². The monoisotopic (exact) mass is 597 g/mol. The van der Waals surface area contributed by atoms with Crippen LogP contribution in [0.15, 0.2) is 65.8 Å². The van der Waals surface area contributed by atoms with Gasteiger partial charge in [0.2, 0.25) is 11.9 Å². The molecule has 0 bridgehead atoms. The summed E-state index contributed by atoms with van der Waals surface area (Å²) in [4.78, 5) is 43.9. The van der Waals surface area contributed by atoms with Gasteiger partial charge in [0.1, 0.15) is 11.6 Å². The predicted octanol–water partition coefficient (Wildman–Crippen LogP) is 5.96. The Hall–Kier alpha value is -4.93. The second-order valence-electron chi connectivity index (χ2n) is 12.0. The van der Waals surface area contributed by atoms with Gasteiger partial charge in [0.05, 0.1) is 24.3 Å². The van der Waals surface area contributed by atoms with Gasteiger partial charge in [-0.1, -0.05) is 32.0 Å². The van der Waals surface area contributed by atoms with Gasteiger partial charge in [-0.15, -0.1) is 0 Å². The van der Waals surface area contributed by atoms with E-state index in [-0.39, 0.29) is 30.0 Å². The standard InChI is InChI=1S/C33H33F2N7O2/c1-6-40-31(44)27-30(42-18-33(4,5)39-32(40)42)41(17-20-10-12-24(34)25(35)14-20)28(38-27)22-11-13-26(36-16-22)21-8-7-9-23(15-21)37-29(43)19(2)3/h7-16,19H,6,17-18H2,1-5H3,(H,37,43). The van der Waals surface area contributed by atoms with E-state index in [0.29, 0.717) is 53.2 Å². The molecule has 11 heteroatoms. The third-order valence-electron chi connectivity index (χ3n) is 7.69. The summed E-state index contributed by atoms with van der Waals surface area (Å²) in [5.41, 5.74) is 3.14. The zero-order chi connectivity index (χ0) is 31.3. The average molecular weight is 598 g/mol. The lowest BCUT2D eigenvalue weighted by molar-refractivity contribution is -0.118. The second-order valence-corrected chi connectivity index (χ2v) is 12.0. The van der Waals surface area contributed by atoms with Crippen molar-refractivity contribution >= 4 is 29.3 Å². The number of amides is 2. The van der Waals surface area contributed by atoms with Crippen molar-refractivity contribution in [1.82, 2.24) is 19.4 Å². The molecule has 2 amide bonds. The number of carbonyl (C=O) groups excluding carboxylic acids is 2. The minimum Gasteiger partial charge on any atom is -0.326 e. The number of carbonyl (C=O) groups is 2. The molecule has 4 heterocycles. The molecule has 0 saturated carbocycles. The number of rotatable bonds is 7. The summed E-state index contributed by atoms with van der Waals surface area (Å²) in [6, 6.07) is 14.9. The van der Waals surface area contributed by atoms with E-state index < -0.39 is 17.2 Å².